The van der Waals surface area contributed by atoms with Gasteiger partial charge in [-0.05, 0) is 58.7 Å². The Balaban J connectivity index is 1.88. The van der Waals surface area contributed by atoms with Crippen molar-refractivity contribution in [1.29, 1.82) is 0 Å². The summed E-state index contributed by atoms with van der Waals surface area (Å²) in [6.45, 7) is -0.732. The SMILES string of the molecule is O[C@@H](c1ccccc1)C(NOCc1ccc(F)c(C(F)(F)F)c1)(c1cccc(OC(F)(F)F)c1)c1cccc(OC(F)(F)F)c1. The number of ether oxygens (including phenoxy) is 2. The molecule has 0 aliphatic carbocycles. The Bertz CT molecular complexity index is 1530. The number of aliphatic hydroxyl groups is 1. The fraction of sp³-hybridized carbons (Fsp3) is 0.200. The summed E-state index contributed by atoms with van der Waals surface area (Å²) in [6, 6.07) is 17.5. The van der Waals surface area contributed by atoms with Gasteiger partial charge in [0.1, 0.15) is 29.0 Å². The van der Waals surface area contributed by atoms with Gasteiger partial charge in [-0.25, -0.2) is 4.39 Å². The van der Waals surface area contributed by atoms with Crippen molar-refractivity contribution in [2.45, 2.75) is 37.2 Å². The summed E-state index contributed by atoms with van der Waals surface area (Å²) in [7, 11) is 0. The van der Waals surface area contributed by atoms with Gasteiger partial charge in [0.15, 0.2) is 0 Å². The number of alkyl halides is 9. The summed E-state index contributed by atoms with van der Waals surface area (Å²) in [4.78, 5) is 5.50. The molecule has 0 aliphatic rings. The van der Waals surface area contributed by atoms with E-state index in [1.165, 1.54) is 36.4 Å². The van der Waals surface area contributed by atoms with Gasteiger partial charge in [-0.3, -0.25) is 4.84 Å². The zero-order valence-corrected chi connectivity index (χ0v) is 22.5. The fourth-order valence-corrected chi connectivity index (χ4v) is 4.53. The fourth-order valence-electron chi connectivity index (χ4n) is 4.53. The third-order valence-corrected chi connectivity index (χ3v) is 6.38. The first-order valence-corrected chi connectivity index (χ1v) is 12.7. The first-order valence-electron chi connectivity index (χ1n) is 12.7. The molecule has 0 aliphatic heterocycles. The van der Waals surface area contributed by atoms with Gasteiger partial charge in [0.05, 0.1) is 12.2 Å². The Labute approximate surface area is 248 Å². The quantitative estimate of drug-likeness (QED) is 0.134. The van der Waals surface area contributed by atoms with Gasteiger partial charge in [0, 0.05) is 0 Å². The van der Waals surface area contributed by atoms with Crippen LogP contribution in [0.5, 0.6) is 11.5 Å². The van der Waals surface area contributed by atoms with E-state index in [-0.39, 0.29) is 22.3 Å². The lowest BCUT2D eigenvalue weighted by Crippen LogP contribution is -2.48. The average molecular weight is 649 g/mol. The molecule has 0 saturated heterocycles. The van der Waals surface area contributed by atoms with Crippen molar-refractivity contribution in [1.82, 2.24) is 5.48 Å². The standard InChI is InChI=1S/C30H21F10NO4/c31-25-13-12-18(14-24(25)28(32,33)34)17-43-41-27(26(42)19-6-2-1-3-7-19,20-8-4-10-22(15-20)44-29(35,36)37)21-9-5-11-23(16-21)45-30(38,39)40/h1-16,26,41-42H,17H2/t26-/m0/s1. The summed E-state index contributed by atoms with van der Waals surface area (Å²) in [5.41, 5.74) is -2.01. The minimum absolute atomic E-state index is 0.0963. The maximum absolute atomic E-state index is 13.8. The Kier molecular flexibility index (Phi) is 9.65. The Morgan fingerprint density at radius 1 is 0.644 bits per heavy atom. The molecule has 4 aromatic rings. The number of nitrogens with one attached hydrogen (secondary N) is 1. The number of aliphatic hydroxyl groups excluding tert-OH is 1. The van der Waals surface area contributed by atoms with Crippen LogP contribution in [0.15, 0.2) is 97.1 Å². The summed E-state index contributed by atoms with van der Waals surface area (Å²) >= 11 is 0. The Morgan fingerprint density at radius 3 is 1.67 bits per heavy atom. The first-order chi connectivity index (χ1) is 21.0. The van der Waals surface area contributed by atoms with Crippen LogP contribution in [0, 0.1) is 5.82 Å². The van der Waals surface area contributed by atoms with Crippen LogP contribution in [0.3, 0.4) is 0 Å². The molecule has 0 unspecified atom stereocenters. The predicted octanol–water partition coefficient (Wildman–Crippen LogP) is 8.34. The number of hydroxylamine groups is 1. The molecule has 2 N–H and O–H groups in total. The second kappa shape index (κ2) is 12.9. The molecule has 0 bridgehead atoms. The normalized spacial score (nSPS) is 13.4. The van der Waals surface area contributed by atoms with E-state index in [2.05, 4.69) is 15.0 Å². The highest BCUT2D eigenvalue weighted by Crippen LogP contribution is 2.44. The number of hydrogen-bond donors (Lipinski definition) is 2. The lowest BCUT2D eigenvalue weighted by Gasteiger charge is -2.40. The van der Waals surface area contributed by atoms with Gasteiger partial charge in [0.25, 0.3) is 0 Å². The van der Waals surface area contributed by atoms with Crippen LogP contribution in [0.25, 0.3) is 0 Å². The molecule has 4 rings (SSSR count). The summed E-state index contributed by atoms with van der Waals surface area (Å²) in [5.74, 6) is -3.11. The highest BCUT2D eigenvalue weighted by atomic mass is 19.4. The van der Waals surface area contributed by atoms with E-state index in [0.717, 1.165) is 42.5 Å². The second-order valence-corrected chi connectivity index (χ2v) is 9.48. The Morgan fingerprint density at radius 2 is 1.18 bits per heavy atom. The van der Waals surface area contributed by atoms with Gasteiger partial charge < -0.3 is 14.6 Å². The molecule has 1 atom stereocenters. The average Bonchev–Trinajstić information content (AvgIpc) is 2.94. The van der Waals surface area contributed by atoms with Gasteiger partial charge in [-0.1, -0.05) is 60.7 Å². The van der Waals surface area contributed by atoms with Gasteiger partial charge in [-0.15, -0.1) is 26.3 Å². The highest BCUT2D eigenvalue weighted by molar-refractivity contribution is 5.47. The molecule has 0 radical (unpaired) electrons. The zero-order chi connectivity index (χ0) is 33.0. The zero-order valence-electron chi connectivity index (χ0n) is 22.5. The first kappa shape index (κ1) is 33.6. The van der Waals surface area contributed by atoms with Crippen molar-refractivity contribution < 1.29 is 63.3 Å². The Hall–Kier alpha value is -4.34. The van der Waals surface area contributed by atoms with E-state index in [1.807, 2.05) is 0 Å². The third-order valence-electron chi connectivity index (χ3n) is 6.38. The van der Waals surface area contributed by atoms with Gasteiger partial charge >= 0.3 is 18.9 Å². The van der Waals surface area contributed by atoms with Crippen molar-refractivity contribution in [3.8, 4) is 11.5 Å². The van der Waals surface area contributed by atoms with Crippen LogP contribution in [0.2, 0.25) is 0 Å². The molecule has 0 aromatic heterocycles. The van der Waals surface area contributed by atoms with Crippen LogP contribution < -0.4 is 15.0 Å². The van der Waals surface area contributed by atoms with Gasteiger partial charge in [-0.2, -0.15) is 18.7 Å². The van der Waals surface area contributed by atoms with Crippen molar-refractivity contribution in [3.05, 3.63) is 131 Å². The molecule has 0 spiro atoms. The minimum atomic E-state index is -5.15. The lowest BCUT2D eigenvalue weighted by atomic mass is 9.76. The molecule has 15 heteroatoms. The van der Waals surface area contributed by atoms with Crippen molar-refractivity contribution in [2.24, 2.45) is 0 Å². The third kappa shape index (κ3) is 8.44. The summed E-state index contributed by atoms with van der Waals surface area (Å²) in [5, 5.41) is 11.8. The smallest absolute Gasteiger partial charge is 0.406 e. The number of rotatable bonds is 10. The van der Waals surface area contributed by atoms with Crippen LogP contribution in [0.4, 0.5) is 43.9 Å². The van der Waals surface area contributed by atoms with E-state index >= 15 is 0 Å². The topological polar surface area (TPSA) is 60.0 Å². The maximum Gasteiger partial charge on any atom is 0.573 e. The molecule has 0 amide bonds. The molecule has 5 nitrogen and oxygen atoms in total. The lowest BCUT2D eigenvalue weighted by molar-refractivity contribution is -0.275. The number of halogens is 10. The maximum atomic E-state index is 13.8. The molecule has 0 heterocycles. The molecule has 45 heavy (non-hydrogen) atoms. The van der Waals surface area contributed by atoms with Crippen LogP contribution >= 0.6 is 0 Å². The molecular weight excluding hydrogens is 628 g/mol. The summed E-state index contributed by atoms with van der Waals surface area (Å²) in [6.07, 6.45) is -17.2. The number of benzene rings is 4. The van der Waals surface area contributed by atoms with Crippen molar-refractivity contribution in [2.75, 3.05) is 0 Å². The van der Waals surface area contributed by atoms with E-state index in [9.17, 15) is 49.0 Å². The van der Waals surface area contributed by atoms with Gasteiger partial charge in [0.2, 0.25) is 0 Å². The van der Waals surface area contributed by atoms with E-state index in [4.69, 9.17) is 4.84 Å². The molecule has 0 saturated carbocycles. The van der Waals surface area contributed by atoms with Crippen LogP contribution in [0.1, 0.15) is 33.9 Å². The van der Waals surface area contributed by atoms with Crippen molar-refractivity contribution in [3.63, 3.8) is 0 Å². The largest absolute Gasteiger partial charge is 0.573 e. The van der Waals surface area contributed by atoms with E-state index in [1.54, 1.807) is 6.07 Å². The minimum Gasteiger partial charge on any atom is -0.406 e. The monoisotopic (exact) mass is 649 g/mol. The molecular formula is C30H21F10NO4. The molecule has 0 fully saturated rings. The predicted molar refractivity (Wildman–Crippen MR) is 138 cm³/mol. The molecule has 240 valence electrons. The van der Waals surface area contributed by atoms with Crippen molar-refractivity contribution >= 4 is 0 Å². The van der Waals surface area contributed by atoms with E-state index in [0.29, 0.717) is 12.1 Å². The number of hydrogen-bond acceptors (Lipinski definition) is 5. The summed E-state index contributed by atoms with van der Waals surface area (Å²) < 4.78 is 140. The second-order valence-electron chi connectivity index (χ2n) is 9.48. The molecule has 4 aromatic carbocycles. The highest BCUT2D eigenvalue weighted by Gasteiger charge is 2.45. The van der Waals surface area contributed by atoms with Crippen LogP contribution in [-0.2, 0) is 23.2 Å². The van der Waals surface area contributed by atoms with E-state index < -0.39 is 60.0 Å². The van der Waals surface area contributed by atoms with Crippen LogP contribution in [-0.4, -0.2) is 17.8 Å².